The molecule has 0 radical (unpaired) electrons. The fraction of sp³-hybridized carbons (Fsp3) is 0.786. The second-order valence-electron chi connectivity index (χ2n) is 9.86. The van der Waals surface area contributed by atoms with E-state index in [-0.39, 0.29) is 6.10 Å². The Labute approximate surface area is 186 Å². The Morgan fingerprint density at radius 3 is 1.97 bits per heavy atom. The fourth-order valence-corrected chi connectivity index (χ4v) is 5.33. The molecule has 2 aliphatic rings. The van der Waals surface area contributed by atoms with E-state index < -0.39 is 0 Å². The summed E-state index contributed by atoms with van der Waals surface area (Å²) in [4.78, 5) is 0. The summed E-state index contributed by atoms with van der Waals surface area (Å²) >= 11 is 0. The van der Waals surface area contributed by atoms with E-state index in [1.807, 2.05) is 0 Å². The van der Waals surface area contributed by atoms with Gasteiger partial charge in [-0.2, -0.15) is 0 Å². The van der Waals surface area contributed by atoms with E-state index in [2.05, 4.69) is 38.1 Å². The number of benzene rings is 1. The summed E-state index contributed by atoms with van der Waals surface area (Å²) in [5, 5.41) is 0. The van der Waals surface area contributed by atoms with Crippen molar-refractivity contribution in [3.05, 3.63) is 35.4 Å². The third-order valence-electron chi connectivity index (χ3n) is 7.44. The standard InChI is InChI=1S/C28H46O2/c1-3-5-7-8-10-12-27-21-30-28(22-29-27)26-19-17-25(18-20-26)24-15-13-23(14-16-24)11-9-6-4-2/h17-20,23-24,27-28H,3-16,21-22H2,1-2H3/t23-,24-,27-,28-/m0/s1. The molecule has 1 aliphatic heterocycles. The van der Waals surface area contributed by atoms with Gasteiger partial charge in [-0.3, -0.25) is 0 Å². The lowest BCUT2D eigenvalue weighted by Crippen LogP contribution is -2.31. The van der Waals surface area contributed by atoms with Gasteiger partial charge in [0, 0.05) is 0 Å². The van der Waals surface area contributed by atoms with Crippen LogP contribution >= 0.6 is 0 Å². The van der Waals surface area contributed by atoms with E-state index in [1.54, 1.807) is 0 Å². The van der Waals surface area contributed by atoms with E-state index in [4.69, 9.17) is 9.47 Å². The molecule has 1 aromatic rings. The van der Waals surface area contributed by atoms with Crippen LogP contribution in [0.1, 0.15) is 127 Å². The highest BCUT2D eigenvalue weighted by Gasteiger charge is 2.25. The summed E-state index contributed by atoms with van der Waals surface area (Å²) in [5.74, 6) is 1.75. The zero-order valence-electron chi connectivity index (χ0n) is 19.7. The van der Waals surface area contributed by atoms with Crippen LogP contribution in [0, 0.1) is 5.92 Å². The first kappa shape index (κ1) is 23.8. The van der Waals surface area contributed by atoms with Crippen LogP contribution in [0.15, 0.2) is 24.3 Å². The van der Waals surface area contributed by atoms with E-state index in [1.165, 1.54) is 94.6 Å². The van der Waals surface area contributed by atoms with Crippen LogP contribution in [-0.4, -0.2) is 19.3 Å². The number of hydrogen-bond donors (Lipinski definition) is 0. The van der Waals surface area contributed by atoms with Gasteiger partial charge in [-0.1, -0.05) is 95.9 Å². The van der Waals surface area contributed by atoms with E-state index in [0.717, 1.165) is 24.9 Å². The Morgan fingerprint density at radius 2 is 1.30 bits per heavy atom. The van der Waals surface area contributed by atoms with Crippen LogP contribution in [0.2, 0.25) is 0 Å². The molecule has 2 atom stereocenters. The smallest absolute Gasteiger partial charge is 0.106 e. The molecule has 2 heteroatoms. The molecule has 1 aromatic carbocycles. The van der Waals surface area contributed by atoms with Gasteiger partial charge < -0.3 is 9.47 Å². The zero-order valence-corrected chi connectivity index (χ0v) is 19.7. The quantitative estimate of drug-likeness (QED) is 0.320. The average molecular weight is 415 g/mol. The molecule has 0 N–H and O–H groups in total. The van der Waals surface area contributed by atoms with Crippen molar-refractivity contribution >= 4 is 0 Å². The summed E-state index contributed by atoms with van der Waals surface area (Å²) in [5.41, 5.74) is 2.82. The Bertz CT molecular complexity index is 551. The Hall–Kier alpha value is -0.860. The van der Waals surface area contributed by atoms with Gasteiger partial charge in [0.25, 0.3) is 0 Å². The molecule has 30 heavy (non-hydrogen) atoms. The van der Waals surface area contributed by atoms with Crippen molar-refractivity contribution in [2.75, 3.05) is 13.2 Å². The topological polar surface area (TPSA) is 18.5 Å². The van der Waals surface area contributed by atoms with Crippen LogP contribution in [0.4, 0.5) is 0 Å². The van der Waals surface area contributed by atoms with Gasteiger partial charge in [0.1, 0.15) is 6.10 Å². The lowest BCUT2D eigenvalue weighted by Gasteiger charge is -2.31. The predicted molar refractivity (Wildman–Crippen MR) is 127 cm³/mol. The number of rotatable bonds is 12. The van der Waals surface area contributed by atoms with Crippen LogP contribution in [0.3, 0.4) is 0 Å². The molecule has 1 saturated heterocycles. The van der Waals surface area contributed by atoms with Gasteiger partial charge in [0.2, 0.25) is 0 Å². The van der Waals surface area contributed by atoms with Gasteiger partial charge in [0.15, 0.2) is 0 Å². The molecule has 0 bridgehead atoms. The van der Waals surface area contributed by atoms with Gasteiger partial charge >= 0.3 is 0 Å². The Balaban J connectivity index is 1.36. The van der Waals surface area contributed by atoms with Crippen LogP contribution in [0.5, 0.6) is 0 Å². The molecule has 0 amide bonds. The second kappa shape index (κ2) is 13.5. The maximum absolute atomic E-state index is 6.18. The fourth-order valence-electron chi connectivity index (χ4n) is 5.33. The maximum Gasteiger partial charge on any atom is 0.106 e. The number of unbranched alkanes of at least 4 members (excludes halogenated alkanes) is 6. The van der Waals surface area contributed by atoms with Gasteiger partial charge in [0.05, 0.1) is 19.3 Å². The lowest BCUT2D eigenvalue weighted by molar-refractivity contribution is -0.137. The van der Waals surface area contributed by atoms with Crippen LogP contribution in [0.25, 0.3) is 0 Å². The molecule has 3 rings (SSSR count). The molecule has 2 nitrogen and oxygen atoms in total. The first-order chi connectivity index (χ1) is 14.8. The van der Waals surface area contributed by atoms with Crippen molar-refractivity contribution in [1.29, 1.82) is 0 Å². The number of hydrogen-bond acceptors (Lipinski definition) is 2. The molecule has 1 heterocycles. The van der Waals surface area contributed by atoms with Crippen molar-refractivity contribution in [3.8, 4) is 0 Å². The summed E-state index contributed by atoms with van der Waals surface area (Å²) in [6, 6.07) is 9.31. The summed E-state index contributed by atoms with van der Waals surface area (Å²) in [6.07, 6.45) is 19.4. The first-order valence-corrected chi connectivity index (χ1v) is 13.1. The minimum Gasteiger partial charge on any atom is -0.373 e. The monoisotopic (exact) mass is 414 g/mol. The van der Waals surface area contributed by atoms with Crippen molar-refractivity contribution in [1.82, 2.24) is 0 Å². The third kappa shape index (κ3) is 7.68. The Morgan fingerprint density at radius 1 is 0.667 bits per heavy atom. The second-order valence-corrected chi connectivity index (χ2v) is 9.86. The summed E-state index contributed by atoms with van der Waals surface area (Å²) in [6.45, 7) is 6.04. The maximum atomic E-state index is 6.18. The summed E-state index contributed by atoms with van der Waals surface area (Å²) in [7, 11) is 0. The SMILES string of the molecule is CCCCCCC[C@H]1CO[C@H](c2ccc([C@H]3CC[C@H](CCCCC)CC3)cc2)CO1. The molecule has 0 unspecified atom stereocenters. The lowest BCUT2D eigenvalue weighted by atomic mass is 9.77. The largest absolute Gasteiger partial charge is 0.373 e. The van der Waals surface area contributed by atoms with E-state index in [9.17, 15) is 0 Å². The van der Waals surface area contributed by atoms with Crippen LogP contribution in [-0.2, 0) is 9.47 Å². The molecule has 0 aromatic heterocycles. The van der Waals surface area contributed by atoms with Crippen molar-refractivity contribution in [2.24, 2.45) is 5.92 Å². The zero-order chi connectivity index (χ0) is 21.0. The highest BCUT2D eigenvalue weighted by molar-refractivity contribution is 5.27. The molecule has 2 fully saturated rings. The molecule has 1 aliphatic carbocycles. The van der Waals surface area contributed by atoms with E-state index in [0.29, 0.717) is 12.7 Å². The van der Waals surface area contributed by atoms with Gasteiger partial charge in [-0.05, 0) is 55.1 Å². The van der Waals surface area contributed by atoms with Crippen LogP contribution < -0.4 is 0 Å². The minimum absolute atomic E-state index is 0.115. The van der Waals surface area contributed by atoms with Gasteiger partial charge in [-0.15, -0.1) is 0 Å². The number of ether oxygens (including phenoxy) is 2. The van der Waals surface area contributed by atoms with E-state index >= 15 is 0 Å². The third-order valence-corrected chi connectivity index (χ3v) is 7.44. The highest BCUT2D eigenvalue weighted by Crippen LogP contribution is 2.38. The Kier molecular flexibility index (Phi) is 10.7. The van der Waals surface area contributed by atoms with Gasteiger partial charge in [-0.25, -0.2) is 0 Å². The normalized spacial score (nSPS) is 27.3. The van der Waals surface area contributed by atoms with Crippen molar-refractivity contribution in [3.63, 3.8) is 0 Å². The highest BCUT2D eigenvalue weighted by atomic mass is 16.6. The molecule has 170 valence electrons. The molecule has 1 saturated carbocycles. The predicted octanol–water partition coefficient (Wildman–Crippen LogP) is 8.36. The average Bonchev–Trinajstić information content (AvgIpc) is 2.80. The first-order valence-electron chi connectivity index (χ1n) is 13.1. The van der Waals surface area contributed by atoms with Crippen molar-refractivity contribution < 1.29 is 9.47 Å². The van der Waals surface area contributed by atoms with Crippen molar-refractivity contribution in [2.45, 2.75) is 122 Å². The molecule has 0 spiro atoms. The molecular weight excluding hydrogens is 368 g/mol. The molecular formula is C28H46O2. The minimum atomic E-state index is 0.115. The summed E-state index contributed by atoms with van der Waals surface area (Å²) < 4.78 is 12.3.